The van der Waals surface area contributed by atoms with Crippen LogP contribution < -0.4 is 5.32 Å². The summed E-state index contributed by atoms with van der Waals surface area (Å²) in [6, 6.07) is 3.82. The van der Waals surface area contributed by atoms with Crippen LogP contribution in [0.2, 0.25) is 0 Å². The number of nitrogens with one attached hydrogen (secondary N) is 1. The highest BCUT2D eigenvalue weighted by Crippen LogP contribution is 2.24. The van der Waals surface area contributed by atoms with Gasteiger partial charge in [-0.15, -0.1) is 0 Å². The highest BCUT2D eigenvalue weighted by molar-refractivity contribution is 5.95. The first-order valence-electron chi connectivity index (χ1n) is 5.94. The van der Waals surface area contributed by atoms with E-state index in [1.807, 2.05) is 0 Å². The second-order valence-corrected chi connectivity index (χ2v) is 4.35. The Hall–Kier alpha value is -2.15. The molecule has 7 nitrogen and oxygen atoms in total. The third-order valence-corrected chi connectivity index (χ3v) is 2.96. The van der Waals surface area contributed by atoms with Gasteiger partial charge in [0, 0.05) is 30.5 Å². The standard InChI is InChI=1S/C12H14N2O5/c15-12(16)10-6-9(14(17)18)3-4-11(10)13-8-2-1-5-19-7-8/h3-4,6,8,13H,1-2,5,7H2,(H,15,16). The maximum atomic E-state index is 11.1. The molecule has 1 aromatic rings. The second kappa shape index (κ2) is 5.66. The molecule has 1 aliphatic rings. The molecule has 1 aromatic carbocycles. The predicted molar refractivity (Wildman–Crippen MR) is 67.5 cm³/mol. The predicted octanol–water partition coefficient (Wildman–Crippen LogP) is 1.88. The number of carbonyl (C=O) groups is 1. The molecule has 1 heterocycles. The molecule has 102 valence electrons. The van der Waals surface area contributed by atoms with Crippen LogP contribution in [0.3, 0.4) is 0 Å². The largest absolute Gasteiger partial charge is 0.478 e. The molecular weight excluding hydrogens is 252 g/mol. The molecule has 0 aliphatic carbocycles. The van der Waals surface area contributed by atoms with Crippen LogP contribution in [-0.2, 0) is 4.74 Å². The zero-order chi connectivity index (χ0) is 13.8. The van der Waals surface area contributed by atoms with Gasteiger partial charge in [-0.2, -0.15) is 0 Å². The number of nitro benzene ring substituents is 1. The Morgan fingerprint density at radius 3 is 2.89 bits per heavy atom. The van der Waals surface area contributed by atoms with Crippen molar-refractivity contribution in [1.82, 2.24) is 0 Å². The van der Waals surface area contributed by atoms with E-state index in [0.717, 1.165) is 18.9 Å². The fourth-order valence-corrected chi connectivity index (χ4v) is 2.02. The van der Waals surface area contributed by atoms with E-state index in [9.17, 15) is 14.9 Å². The number of nitrogens with zero attached hydrogens (tertiary/aromatic N) is 1. The van der Waals surface area contributed by atoms with Crippen LogP contribution in [0.5, 0.6) is 0 Å². The van der Waals surface area contributed by atoms with E-state index in [1.165, 1.54) is 12.1 Å². The van der Waals surface area contributed by atoms with E-state index in [0.29, 0.717) is 18.9 Å². The summed E-state index contributed by atoms with van der Waals surface area (Å²) in [5.74, 6) is -1.19. The van der Waals surface area contributed by atoms with Crippen LogP contribution in [0.15, 0.2) is 18.2 Å². The van der Waals surface area contributed by atoms with E-state index in [-0.39, 0.29) is 17.3 Å². The quantitative estimate of drug-likeness (QED) is 0.637. The van der Waals surface area contributed by atoms with Gasteiger partial charge in [-0.3, -0.25) is 10.1 Å². The monoisotopic (exact) mass is 266 g/mol. The first kappa shape index (κ1) is 13.3. The molecule has 1 saturated heterocycles. The van der Waals surface area contributed by atoms with E-state index in [1.54, 1.807) is 0 Å². The molecule has 19 heavy (non-hydrogen) atoms. The summed E-state index contributed by atoms with van der Waals surface area (Å²) in [7, 11) is 0. The summed E-state index contributed by atoms with van der Waals surface area (Å²) in [4.78, 5) is 21.2. The summed E-state index contributed by atoms with van der Waals surface area (Å²) in [6.45, 7) is 1.22. The van der Waals surface area contributed by atoms with Gasteiger partial charge in [-0.05, 0) is 18.9 Å². The average Bonchev–Trinajstić information content (AvgIpc) is 2.39. The van der Waals surface area contributed by atoms with E-state index in [4.69, 9.17) is 9.84 Å². The molecule has 2 rings (SSSR count). The van der Waals surface area contributed by atoms with Gasteiger partial charge in [-0.1, -0.05) is 0 Å². The molecule has 1 aliphatic heterocycles. The number of hydrogen-bond acceptors (Lipinski definition) is 5. The molecule has 0 aromatic heterocycles. The number of benzene rings is 1. The summed E-state index contributed by atoms with van der Waals surface area (Å²) < 4.78 is 5.30. The SMILES string of the molecule is O=C(O)c1cc([N+](=O)[O-])ccc1NC1CCCOC1. The molecule has 0 saturated carbocycles. The van der Waals surface area contributed by atoms with Crippen LogP contribution in [-0.4, -0.2) is 35.3 Å². The van der Waals surface area contributed by atoms with Gasteiger partial charge in [0.05, 0.1) is 17.1 Å². The van der Waals surface area contributed by atoms with E-state index >= 15 is 0 Å². The normalized spacial score (nSPS) is 18.8. The minimum atomic E-state index is -1.19. The van der Waals surface area contributed by atoms with Crippen LogP contribution in [0.4, 0.5) is 11.4 Å². The number of anilines is 1. The zero-order valence-electron chi connectivity index (χ0n) is 10.2. The van der Waals surface area contributed by atoms with Gasteiger partial charge in [0.15, 0.2) is 0 Å². The third-order valence-electron chi connectivity index (χ3n) is 2.96. The third kappa shape index (κ3) is 3.19. The minimum absolute atomic E-state index is 0.0355. The lowest BCUT2D eigenvalue weighted by atomic mass is 10.1. The highest BCUT2D eigenvalue weighted by atomic mass is 16.6. The van der Waals surface area contributed by atoms with E-state index in [2.05, 4.69) is 5.32 Å². The van der Waals surface area contributed by atoms with Crippen LogP contribution in [0.1, 0.15) is 23.2 Å². The summed E-state index contributed by atoms with van der Waals surface area (Å²) in [5.41, 5.74) is 0.0521. The van der Waals surface area contributed by atoms with Crippen molar-refractivity contribution >= 4 is 17.3 Å². The average molecular weight is 266 g/mol. The van der Waals surface area contributed by atoms with E-state index < -0.39 is 10.9 Å². The molecule has 1 unspecified atom stereocenters. The molecule has 1 atom stereocenters. The Morgan fingerprint density at radius 2 is 2.32 bits per heavy atom. The minimum Gasteiger partial charge on any atom is -0.478 e. The highest BCUT2D eigenvalue weighted by Gasteiger charge is 2.19. The van der Waals surface area contributed by atoms with Crippen molar-refractivity contribution in [2.75, 3.05) is 18.5 Å². The lowest BCUT2D eigenvalue weighted by molar-refractivity contribution is -0.384. The van der Waals surface area contributed by atoms with Gasteiger partial charge in [-0.25, -0.2) is 4.79 Å². The number of hydrogen-bond donors (Lipinski definition) is 2. The van der Waals surface area contributed by atoms with Gasteiger partial charge < -0.3 is 15.2 Å². The Labute approximate surface area is 109 Å². The summed E-state index contributed by atoms with van der Waals surface area (Å²) >= 11 is 0. The maximum Gasteiger partial charge on any atom is 0.338 e. The number of nitro groups is 1. The number of ether oxygens (including phenoxy) is 1. The lowest BCUT2D eigenvalue weighted by Gasteiger charge is -2.24. The molecular formula is C12H14N2O5. The molecule has 0 amide bonds. The zero-order valence-corrected chi connectivity index (χ0v) is 10.2. The fraction of sp³-hybridized carbons (Fsp3) is 0.417. The van der Waals surface area contributed by atoms with Crippen molar-refractivity contribution in [3.05, 3.63) is 33.9 Å². The molecule has 0 spiro atoms. The first-order chi connectivity index (χ1) is 9.08. The molecule has 2 N–H and O–H groups in total. The molecule has 0 bridgehead atoms. The van der Waals surface area contributed by atoms with Crippen LogP contribution in [0, 0.1) is 10.1 Å². The van der Waals surface area contributed by atoms with Crippen molar-refractivity contribution in [1.29, 1.82) is 0 Å². The maximum absolute atomic E-state index is 11.1. The van der Waals surface area contributed by atoms with Crippen LogP contribution >= 0.6 is 0 Å². The Kier molecular flexibility index (Phi) is 3.96. The number of carboxylic acids is 1. The van der Waals surface area contributed by atoms with Gasteiger partial charge in [0.2, 0.25) is 0 Å². The second-order valence-electron chi connectivity index (χ2n) is 4.35. The number of aromatic carboxylic acids is 1. The Bertz CT molecular complexity index is 497. The number of carboxylic acid groups (broad SMARTS) is 1. The Morgan fingerprint density at radius 1 is 1.53 bits per heavy atom. The van der Waals surface area contributed by atoms with Crippen molar-refractivity contribution in [2.24, 2.45) is 0 Å². The van der Waals surface area contributed by atoms with Crippen LogP contribution in [0.25, 0.3) is 0 Å². The van der Waals surface area contributed by atoms with Crippen molar-refractivity contribution in [2.45, 2.75) is 18.9 Å². The first-order valence-corrected chi connectivity index (χ1v) is 5.94. The lowest BCUT2D eigenvalue weighted by Crippen LogP contribution is -2.30. The molecule has 7 heteroatoms. The van der Waals surface area contributed by atoms with Gasteiger partial charge in [0.25, 0.3) is 5.69 Å². The van der Waals surface area contributed by atoms with Crippen molar-refractivity contribution < 1.29 is 19.6 Å². The fourth-order valence-electron chi connectivity index (χ4n) is 2.02. The van der Waals surface area contributed by atoms with Gasteiger partial charge in [0.1, 0.15) is 0 Å². The topological polar surface area (TPSA) is 102 Å². The molecule has 0 radical (unpaired) electrons. The number of rotatable bonds is 4. The Balaban J connectivity index is 2.23. The summed E-state index contributed by atoms with van der Waals surface area (Å²) in [6.07, 6.45) is 1.79. The molecule has 1 fully saturated rings. The van der Waals surface area contributed by atoms with Gasteiger partial charge >= 0.3 is 5.97 Å². The van der Waals surface area contributed by atoms with Crippen molar-refractivity contribution in [3.63, 3.8) is 0 Å². The summed E-state index contributed by atoms with van der Waals surface area (Å²) in [5, 5.41) is 22.8. The smallest absolute Gasteiger partial charge is 0.338 e. The number of non-ortho nitro benzene ring substituents is 1. The van der Waals surface area contributed by atoms with Crippen molar-refractivity contribution in [3.8, 4) is 0 Å².